The van der Waals surface area contributed by atoms with Crippen LogP contribution in [0.3, 0.4) is 0 Å². The van der Waals surface area contributed by atoms with Crippen LogP contribution in [0.4, 0.5) is 4.79 Å². The van der Waals surface area contributed by atoms with Crippen LogP contribution < -0.4 is 5.73 Å². The lowest BCUT2D eigenvalue weighted by Crippen LogP contribution is -2.41. The molecule has 0 saturated carbocycles. The summed E-state index contributed by atoms with van der Waals surface area (Å²) in [4.78, 5) is 24.8. The minimum absolute atomic E-state index is 0.145. The van der Waals surface area contributed by atoms with Gasteiger partial charge in [0.1, 0.15) is 11.3 Å². The topological polar surface area (TPSA) is 81.9 Å². The van der Waals surface area contributed by atoms with E-state index in [0.717, 1.165) is 19.3 Å². The van der Waals surface area contributed by atoms with Gasteiger partial charge in [0, 0.05) is 13.1 Å². The molecule has 1 aliphatic heterocycles. The van der Waals surface area contributed by atoms with Crippen LogP contribution in [0.5, 0.6) is 0 Å². The van der Waals surface area contributed by atoms with E-state index in [-0.39, 0.29) is 11.8 Å². The van der Waals surface area contributed by atoms with Crippen molar-refractivity contribution in [3.63, 3.8) is 0 Å². The zero-order valence-electron chi connectivity index (χ0n) is 13.3. The number of piperidine rings is 1. The summed E-state index contributed by atoms with van der Waals surface area (Å²) < 4.78 is 9.90. The number of carbonyl (C=O) groups excluding carboxylic acids is 2. The first-order valence-electron chi connectivity index (χ1n) is 7.25. The first kappa shape index (κ1) is 17.3. The zero-order valence-corrected chi connectivity index (χ0v) is 13.3. The summed E-state index contributed by atoms with van der Waals surface area (Å²) in [5.41, 5.74) is 5.27. The first-order valence-corrected chi connectivity index (χ1v) is 7.25. The summed E-state index contributed by atoms with van der Waals surface area (Å²) in [7, 11) is 1.31. The third-order valence-corrected chi connectivity index (χ3v) is 3.36. The van der Waals surface area contributed by atoms with Crippen molar-refractivity contribution >= 4 is 12.1 Å². The smallest absolute Gasteiger partial charge is 0.410 e. The Balaban J connectivity index is 2.39. The molecule has 21 heavy (non-hydrogen) atoms. The highest BCUT2D eigenvalue weighted by Gasteiger charge is 2.26. The van der Waals surface area contributed by atoms with Crippen molar-refractivity contribution in [3.05, 3.63) is 11.8 Å². The standard InChI is InChI=1S/C15H26N2O4/c1-15(2,3)21-14(19)17-9-7-11(8-10-17)5-6-12(16)13(18)20-4/h6,11H,5,7-10,16H2,1-4H3/b12-6-. The van der Waals surface area contributed by atoms with Crippen molar-refractivity contribution in [1.29, 1.82) is 0 Å². The Labute approximate surface area is 126 Å². The molecule has 1 heterocycles. The molecular formula is C15H26N2O4. The highest BCUT2D eigenvalue weighted by Crippen LogP contribution is 2.22. The number of hydrogen-bond donors (Lipinski definition) is 1. The van der Waals surface area contributed by atoms with Crippen molar-refractivity contribution in [2.45, 2.75) is 45.6 Å². The predicted octanol–water partition coefficient (Wildman–Crippen LogP) is 2.04. The van der Waals surface area contributed by atoms with Gasteiger partial charge in [-0.15, -0.1) is 0 Å². The van der Waals surface area contributed by atoms with E-state index in [1.54, 1.807) is 11.0 Å². The van der Waals surface area contributed by atoms with Crippen molar-refractivity contribution in [1.82, 2.24) is 4.90 Å². The second kappa shape index (κ2) is 7.33. The van der Waals surface area contributed by atoms with Gasteiger partial charge in [-0.25, -0.2) is 9.59 Å². The second-order valence-corrected chi connectivity index (χ2v) is 6.30. The Bertz CT molecular complexity index is 404. The van der Waals surface area contributed by atoms with Gasteiger partial charge in [0.25, 0.3) is 0 Å². The molecule has 0 radical (unpaired) electrons. The van der Waals surface area contributed by atoms with Crippen LogP contribution in [0.1, 0.15) is 40.0 Å². The summed E-state index contributed by atoms with van der Waals surface area (Å²) >= 11 is 0. The number of allylic oxidation sites excluding steroid dienone is 1. The molecule has 0 aromatic carbocycles. The number of likely N-dealkylation sites (tertiary alicyclic amines) is 1. The van der Waals surface area contributed by atoms with Crippen LogP contribution in [0.25, 0.3) is 0 Å². The SMILES string of the molecule is COC(=O)/C(N)=C/CC1CCN(C(=O)OC(C)(C)C)CC1. The maximum atomic E-state index is 11.9. The number of esters is 1. The number of hydrogen-bond acceptors (Lipinski definition) is 5. The molecule has 0 aromatic heterocycles. The number of nitrogens with zero attached hydrogens (tertiary/aromatic N) is 1. The lowest BCUT2D eigenvalue weighted by molar-refractivity contribution is -0.136. The molecule has 0 unspecified atom stereocenters. The van der Waals surface area contributed by atoms with E-state index in [4.69, 9.17) is 10.5 Å². The largest absolute Gasteiger partial charge is 0.464 e. The van der Waals surface area contributed by atoms with E-state index >= 15 is 0 Å². The third-order valence-electron chi connectivity index (χ3n) is 3.36. The third kappa shape index (κ3) is 6.06. The molecular weight excluding hydrogens is 272 g/mol. The molecule has 1 saturated heterocycles. The molecule has 0 bridgehead atoms. The fourth-order valence-corrected chi connectivity index (χ4v) is 2.17. The van der Waals surface area contributed by atoms with Crippen molar-refractivity contribution in [2.75, 3.05) is 20.2 Å². The van der Waals surface area contributed by atoms with Gasteiger partial charge in [-0.1, -0.05) is 6.08 Å². The Kier molecular flexibility index (Phi) is 6.05. The van der Waals surface area contributed by atoms with Crippen molar-refractivity contribution in [2.24, 2.45) is 11.7 Å². The fourth-order valence-electron chi connectivity index (χ4n) is 2.17. The molecule has 1 aliphatic rings. The number of carbonyl (C=O) groups is 2. The Morgan fingerprint density at radius 2 is 1.86 bits per heavy atom. The predicted molar refractivity (Wildman–Crippen MR) is 79.4 cm³/mol. The monoisotopic (exact) mass is 298 g/mol. The minimum atomic E-state index is -0.499. The summed E-state index contributed by atoms with van der Waals surface area (Å²) in [5, 5.41) is 0. The van der Waals surface area contributed by atoms with Crippen LogP contribution in [-0.4, -0.2) is 42.8 Å². The molecule has 1 rings (SSSR count). The van der Waals surface area contributed by atoms with Crippen molar-refractivity contribution < 1.29 is 19.1 Å². The van der Waals surface area contributed by atoms with Gasteiger partial charge in [0.15, 0.2) is 0 Å². The molecule has 1 amide bonds. The first-order chi connectivity index (χ1) is 9.73. The van der Waals surface area contributed by atoms with Gasteiger partial charge in [-0.05, 0) is 46.0 Å². The maximum Gasteiger partial charge on any atom is 0.410 e. The van der Waals surface area contributed by atoms with E-state index in [1.165, 1.54) is 7.11 Å². The lowest BCUT2D eigenvalue weighted by Gasteiger charge is -2.33. The van der Waals surface area contributed by atoms with Crippen LogP contribution in [-0.2, 0) is 14.3 Å². The summed E-state index contributed by atoms with van der Waals surface area (Å²) in [6.07, 6.45) is 3.93. The van der Waals surface area contributed by atoms with Crippen LogP contribution in [0.2, 0.25) is 0 Å². The van der Waals surface area contributed by atoms with E-state index in [0.29, 0.717) is 19.0 Å². The van der Waals surface area contributed by atoms with Crippen LogP contribution in [0, 0.1) is 5.92 Å². The van der Waals surface area contributed by atoms with Crippen LogP contribution >= 0.6 is 0 Å². The molecule has 1 fully saturated rings. The number of rotatable bonds is 3. The van der Waals surface area contributed by atoms with Gasteiger partial charge in [-0.2, -0.15) is 0 Å². The summed E-state index contributed by atoms with van der Waals surface area (Å²) in [6, 6.07) is 0. The zero-order chi connectivity index (χ0) is 16.0. The molecule has 0 aromatic rings. The highest BCUT2D eigenvalue weighted by molar-refractivity contribution is 5.87. The molecule has 0 aliphatic carbocycles. The second-order valence-electron chi connectivity index (χ2n) is 6.30. The van der Waals surface area contributed by atoms with Gasteiger partial charge < -0.3 is 20.1 Å². The highest BCUT2D eigenvalue weighted by atomic mass is 16.6. The number of nitrogens with two attached hydrogens (primary N) is 1. The maximum absolute atomic E-state index is 11.9. The number of amides is 1. The Morgan fingerprint density at radius 3 is 2.33 bits per heavy atom. The van der Waals surface area contributed by atoms with Gasteiger partial charge in [0.2, 0.25) is 0 Å². The van der Waals surface area contributed by atoms with Crippen LogP contribution in [0.15, 0.2) is 11.8 Å². The minimum Gasteiger partial charge on any atom is -0.464 e. The van der Waals surface area contributed by atoms with Gasteiger partial charge in [-0.3, -0.25) is 0 Å². The summed E-state index contributed by atoms with van der Waals surface area (Å²) in [6.45, 7) is 6.92. The molecule has 0 atom stereocenters. The Hall–Kier alpha value is -1.72. The average molecular weight is 298 g/mol. The van der Waals surface area contributed by atoms with Crippen molar-refractivity contribution in [3.8, 4) is 0 Å². The molecule has 0 spiro atoms. The average Bonchev–Trinajstić information content (AvgIpc) is 2.42. The molecule has 120 valence electrons. The Morgan fingerprint density at radius 1 is 1.29 bits per heavy atom. The van der Waals surface area contributed by atoms with E-state index in [1.807, 2.05) is 20.8 Å². The summed E-state index contributed by atoms with van der Waals surface area (Å²) in [5.74, 6) is -0.0758. The van der Waals surface area contributed by atoms with E-state index in [2.05, 4.69) is 4.74 Å². The van der Waals surface area contributed by atoms with E-state index < -0.39 is 11.6 Å². The molecule has 6 heteroatoms. The van der Waals surface area contributed by atoms with Gasteiger partial charge in [0.05, 0.1) is 7.11 Å². The molecule has 2 N–H and O–H groups in total. The lowest BCUT2D eigenvalue weighted by atomic mass is 9.93. The normalized spacial score (nSPS) is 17.5. The molecule has 6 nitrogen and oxygen atoms in total. The number of methoxy groups -OCH3 is 1. The quantitative estimate of drug-likeness (QED) is 0.637. The fraction of sp³-hybridized carbons (Fsp3) is 0.733. The van der Waals surface area contributed by atoms with Gasteiger partial charge >= 0.3 is 12.1 Å². The number of ether oxygens (including phenoxy) is 2. The van der Waals surface area contributed by atoms with E-state index in [9.17, 15) is 9.59 Å².